The van der Waals surface area contributed by atoms with Crippen molar-refractivity contribution < 1.29 is 15.0 Å². The molecule has 0 saturated heterocycles. The molecule has 0 bridgehead atoms. The summed E-state index contributed by atoms with van der Waals surface area (Å²) in [7, 11) is 0. The van der Waals surface area contributed by atoms with Gasteiger partial charge >= 0.3 is 6.09 Å². The minimum atomic E-state index is -1.09. The molecule has 128 valence electrons. The van der Waals surface area contributed by atoms with E-state index in [0.29, 0.717) is 6.42 Å². The molecule has 1 amide bonds. The molecule has 1 rings (SSSR count). The molecule has 0 radical (unpaired) electrons. The van der Waals surface area contributed by atoms with Crippen LogP contribution in [0.1, 0.15) is 46.6 Å². The van der Waals surface area contributed by atoms with Gasteiger partial charge in [-0.1, -0.05) is 44.2 Å². The van der Waals surface area contributed by atoms with Crippen molar-refractivity contribution in [1.29, 1.82) is 0 Å². The van der Waals surface area contributed by atoms with E-state index in [1.54, 1.807) is 20.8 Å². The first kappa shape index (κ1) is 19.0. The van der Waals surface area contributed by atoms with Crippen LogP contribution in [-0.4, -0.2) is 33.6 Å². The fourth-order valence-electron chi connectivity index (χ4n) is 2.51. The molecule has 1 N–H and O–H groups in total. The lowest BCUT2D eigenvalue weighted by molar-refractivity contribution is -0.226. The molecule has 0 heterocycles. The topological polar surface area (TPSA) is 76.0 Å². The Morgan fingerprint density at radius 3 is 2.26 bits per heavy atom. The van der Waals surface area contributed by atoms with Gasteiger partial charge in [0.1, 0.15) is 0 Å². The molecule has 1 atom stereocenters. The quantitative estimate of drug-likeness (QED) is 0.646. The highest BCUT2D eigenvalue weighted by Gasteiger charge is 2.33. The molecule has 0 aliphatic rings. The monoisotopic (exact) mass is 319 g/mol. The Morgan fingerprint density at radius 2 is 1.83 bits per heavy atom. The molecular weight excluding hydrogens is 292 g/mol. The van der Waals surface area contributed by atoms with Gasteiger partial charge in [-0.25, -0.2) is 4.79 Å². The van der Waals surface area contributed by atoms with Crippen LogP contribution in [0.15, 0.2) is 35.3 Å². The molecule has 1 aromatic rings. The summed E-state index contributed by atoms with van der Waals surface area (Å²) >= 11 is 0. The Bertz CT molecular complexity index is 533. The molecule has 0 spiro atoms. The molecule has 0 aromatic heterocycles. The van der Waals surface area contributed by atoms with Crippen molar-refractivity contribution in [1.82, 2.24) is 4.90 Å². The molecule has 0 saturated carbocycles. The zero-order chi connectivity index (χ0) is 17.6. The minimum Gasteiger partial charge on any atom is -0.861 e. The summed E-state index contributed by atoms with van der Waals surface area (Å²) in [6.45, 7) is 9.59. The Balaban J connectivity index is 3.06. The zero-order valence-corrected chi connectivity index (χ0v) is 14.6. The van der Waals surface area contributed by atoms with Gasteiger partial charge in [0.25, 0.3) is 0 Å². The maximum absolute atomic E-state index is 12.6. The number of rotatable bonds is 6. The summed E-state index contributed by atoms with van der Waals surface area (Å²) in [6.07, 6.45) is -0.632. The molecule has 1 unspecified atom stereocenters. The van der Waals surface area contributed by atoms with Crippen molar-refractivity contribution in [3.05, 3.63) is 35.9 Å². The molecule has 1 aromatic carbocycles. The summed E-state index contributed by atoms with van der Waals surface area (Å²) in [5, 5.41) is 22.1. The smallest absolute Gasteiger partial charge is 0.408 e. The third-order valence-corrected chi connectivity index (χ3v) is 3.48. The standard InChI is InChI=1S/C18H28N2O3/c1-13(2)11-15(20(17(22)23)18(3,4)5)16(21)19-12-14-9-7-6-8-10-14/h6-10,13,15H,11-12H2,1-5H3,(H,19,21)(H,22,23)/p-1. The lowest BCUT2D eigenvalue weighted by atomic mass is 9.97. The average Bonchev–Trinajstić information content (AvgIpc) is 2.42. The van der Waals surface area contributed by atoms with Gasteiger partial charge in [-0.05, 0) is 44.6 Å². The molecular formula is C18H27N2O3-. The predicted molar refractivity (Wildman–Crippen MR) is 90.4 cm³/mol. The molecule has 5 heteroatoms. The van der Waals surface area contributed by atoms with Crippen LogP contribution in [0, 0.1) is 5.92 Å². The molecule has 23 heavy (non-hydrogen) atoms. The number of benzene rings is 1. The van der Waals surface area contributed by atoms with Crippen molar-refractivity contribution in [2.75, 3.05) is 0 Å². The van der Waals surface area contributed by atoms with Crippen molar-refractivity contribution >= 4 is 12.0 Å². The minimum absolute atomic E-state index is 0.195. The van der Waals surface area contributed by atoms with E-state index in [-0.39, 0.29) is 18.4 Å². The van der Waals surface area contributed by atoms with Gasteiger partial charge in [-0.2, -0.15) is 0 Å². The second-order valence-corrected chi connectivity index (χ2v) is 7.11. The lowest BCUT2D eigenvalue weighted by Crippen LogP contribution is -2.57. The highest BCUT2D eigenvalue weighted by atomic mass is 16.4. The van der Waals surface area contributed by atoms with Crippen LogP contribution in [0.5, 0.6) is 0 Å². The second-order valence-electron chi connectivity index (χ2n) is 7.11. The van der Waals surface area contributed by atoms with Gasteiger partial charge in [0.15, 0.2) is 0 Å². The van der Waals surface area contributed by atoms with E-state index in [1.807, 2.05) is 44.2 Å². The summed E-state index contributed by atoms with van der Waals surface area (Å²) in [6, 6.07) is 8.72. The van der Waals surface area contributed by atoms with E-state index in [9.17, 15) is 15.0 Å². The summed E-state index contributed by atoms with van der Waals surface area (Å²) < 4.78 is 0. The summed E-state index contributed by atoms with van der Waals surface area (Å²) in [5.41, 5.74) is 0.269. The van der Waals surface area contributed by atoms with Crippen molar-refractivity contribution in [2.45, 2.75) is 59.2 Å². The maximum atomic E-state index is 12.6. The van der Waals surface area contributed by atoms with E-state index in [2.05, 4.69) is 4.99 Å². The summed E-state index contributed by atoms with van der Waals surface area (Å²) in [5.74, 6) is -0.181. The van der Waals surface area contributed by atoms with Crippen LogP contribution in [0.25, 0.3) is 0 Å². The van der Waals surface area contributed by atoms with Gasteiger partial charge in [0, 0.05) is 5.54 Å². The zero-order valence-electron chi connectivity index (χ0n) is 14.6. The van der Waals surface area contributed by atoms with Gasteiger partial charge in [-0.3, -0.25) is 9.89 Å². The Morgan fingerprint density at radius 1 is 1.26 bits per heavy atom. The fraction of sp³-hybridized carbons (Fsp3) is 0.556. The highest BCUT2D eigenvalue weighted by Crippen LogP contribution is 2.22. The number of hydrogen-bond acceptors (Lipinski definition) is 3. The van der Waals surface area contributed by atoms with E-state index >= 15 is 0 Å². The average molecular weight is 319 g/mol. The van der Waals surface area contributed by atoms with E-state index in [0.717, 1.165) is 5.56 Å². The maximum Gasteiger partial charge on any atom is 0.408 e. The van der Waals surface area contributed by atoms with Crippen LogP contribution in [-0.2, 0) is 6.54 Å². The van der Waals surface area contributed by atoms with Crippen molar-refractivity contribution in [2.24, 2.45) is 10.9 Å². The van der Waals surface area contributed by atoms with E-state index in [1.165, 1.54) is 4.90 Å². The first-order valence-electron chi connectivity index (χ1n) is 7.90. The molecule has 0 fully saturated rings. The second kappa shape index (κ2) is 7.99. The molecule has 5 nitrogen and oxygen atoms in total. The SMILES string of the molecule is CC(C)CC(C([O-])=NCc1ccccc1)N(C(=O)O)C(C)(C)C. The highest BCUT2D eigenvalue weighted by molar-refractivity contribution is 5.82. The lowest BCUT2D eigenvalue weighted by Gasteiger charge is -2.42. The van der Waals surface area contributed by atoms with Gasteiger partial charge in [0.2, 0.25) is 0 Å². The van der Waals surface area contributed by atoms with E-state index in [4.69, 9.17) is 0 Å². The van der Waals surface area contributed by atoms with Crippen LogP contribution >= 0.6 is 0 Å². The first-order valence-corrected chi connectivity index (χ1v) is 7.90. The number of aliphatic imine (C=N–C) groups is 1. The Hall–Kier alpha value is -2.04. The van der Waals surface area contributed by atoms with Crippen LogP contribution in [0.2, 0.25) is 0 Å². The summed E-state index contributed by atoms with van der Waals surface area (Å²) in [4.78, 5) is 17.0. The largest absolute Gasteiger partial charge is 0.861 e. The van der Waals surface area contributed by atoms with Gasteiger partial charge in [-0.15, -0.1) is 0 Å². The van der Waals surface area contributed by atoms with Gasteiger partial charge in [0.05, 0.1) is 12.6 Å². The van der Waals surface area contributed by atoms with Crippen LogP contribution in [0.3, 0.4) is 0 Å². The fourth-order valence-corrected chi connectivity index (χ4v) is 2.51. The van der Waals surface area contributed by atoms with Crippen molar-refractivity contribution in [3.63, 3.8) is 0 Å². The van der Waals surface area contributed by atoms with Crippen molar-refractivity contribution in [3.8, 4) is 0 Å². The number of carbonyl (C=O) groups is 1. The molecule has 0 aliphatic carbocycles. The van der Waals surface area contributed by atoms with Crippen LogP contribution < -0.4 is 5.11 Å². The third kappa shape index (κ3) is 5.93. The third-order valence-electron chi connectivity index (χ3n) is 3.48. The van der Waals surface area contributed by atoms with E-state index < -0.39 is 17.7 Å². The number of amides is 1. The number of hydrogen-bond donors (Lipinski definition) is 1. The van der Waals surface area contributed by atoms with Gasteiger partial charge < -0.3 is 10.2 Å². The normalized spacial score (nSPS) is 13.9. The Labute approximate surface area is 138 Å². The first-order chi connectivity index (χ1) is 10.6. The Kier molecular flexibility index (Phi) is 6.61. The number of nitrogens with zero attached hydrogens (tertiary/aromatic N) is 2. The number of carboxylic acid groups (broad SMARTS) is 1. The van der Waals surface area contributed by atoms with Crippen LogP contribution in [0.4, 0.5) is 4.79 Å². The predicted octanol–water partition coefficient (Wildman–Crippen LogP) is 3.14. The molecule has 0 aliphatic heterocycles.